The van der Waals surface area contributed by atoms with Gasteiger partial charge in [-0.15, -0.1) is 0 Å². The second-order valence-electron chi connectivity index (χ2n) is 22.7. The Labute approximate surface area is 595 Å². The molecule has 0 atom stereocenters. The molecular weight excluding hydrogens is 1450 g/mol. The van der Waals surface area contributed by atoms with Crippen LogP contribution in [0.1, 0.15) is 143 Å². The van der Waals surface area contributed by atoms with Crippen LogP contribution in [0.15, 0.2) is 158 Å². The summed E-state index contributed by atoms with van der Waals surface area (Å²) in [6.07, 6.45) is -10.3. The Morgan fingerprint density at radius 1 is 0.327 bits per heavy atom. The first-order chi connectivity index (χ1) is 47.8. The van der Waals surface area contributed by atoms with E-state index in [0.29, 0.717) is 28.8 Å². The van der Waals surface area contributed by atoms with Crippen molar-refractivity contribution in [3.8, 4) is 11.1 Å². The number of nitrogens with two attached hydrogens (primary N) is 4. The number of ketones is 5. The van der Waals surface area contributed by atoms with Crippen molar-refractivity contribution < 1.29 is 69.5 Å². The topological polar surface area (TPSA) is 306 Å². The van der Waals surface area contributed by atoms with Gasteiger partial charge in [-0.2, -0.15) is 26.3 Å². The lowest BCUT2D eigenvalue weighted by molar-refractivity contribution is -0.139. The smallest absolute Gasteiger partial charge is 0.397 e. The third-order valence-electron chi connectivity index (χ3n) is 16.7. The molecule has 0 unspecified atom stereocenters. The molecule has 0 bridgehead atoms. The molecule has 4 amide bonds. The molecule has 0 aromatic heterocycles. The van der Waals surface area contributed by atoms with Crippen molar-refractivity contribution in [3.05, 3.63) is 288 Å². The van der Waals surface area contributed by atoms with Gasteiger partial charge < -0.3 is 44.2 Å². The molecular formula is C72H40Cl6F6N8O9. The first-order valence-electron chi connectivity index (χ1n) is 29.3. The summed E-state index contributed by atoms with van der Waals surface area (Å²) < 4.78 is 88.5. The minimum Gasteiger partial charge on any atom is -0.397 e. The zero-order valence-electron chi connectivity index (χ0n) is 50.7. The Balaban J connectivity index is 0.000000411. The number of nitrogen functional groups attached to an aromatic ring is 4. The number of anilines is 8. The summed E-state index contributed by atoms with van der Waals surface area (Å²) in [6, 6.07) is 32.8. The normalized spacial score (nSPS) is 12.7. The highest BCUT2D eigenvalue weighted by Gasteiger charge is 2.42. The van der Waals surface area contributed by atoms with Gasteiger partial charge in [0.25, 0.3) is 23.6 Å². The molecule has 0 saturated carbocycles. The molecule has 0 spiro atoms. The first-order valence-corrected chi connectivity index (χ1v) is 31.6. The van der Waals surface area contributed by atoms with Crippen molar-refractivity contribution in [3.63, 3.8) is 0 Å². The molecule has 29 heteroatoms. The highest BCUT2D eigenvalue weighted by atomic mass is 35.5. The van der Waals surface area contributed by atoms with Crippen LogP contribution in [0.25, 0.3) is 11.1 Å². The van der Waals surface area contributed by atoms with Gasteiger partial charge in [-0.05, 0) is 95.1 Å². The number of fused-ring (bicyclic) bond motifs is 6. The Bertz CT molecular complexity index is 5330. The maximum Gasteiger partial charge on any atom is 0.417 e. The summed E-state index contributed by atoms with van der Waals surface area (Å²) in [5, 5.41) is 8.68. The zero-order valence-corrected chi connectivity index (χ0v) is 55.3. The van der Waals surface area contributed by atoms with E-state index in [1.54, 1.807) is 54.6 Å². The maximum absolute atomic E-state index is 14.8. The molecule has 13 rings (SSSR count). The molecule has 0 heterocycles. The number of hydrogen-bond donors (Lipinski definition) is 8. The molecule has 101 heavy (non-hydrogen) atoms. The highest BCUT2D eigenvalue weighted by molar-refractivity contribution is 6.50. The van der Waals surface area contributed by atoms with Gasteiger partial charge in [0.1, 0.15) is 0 Å². The largest absolute Gasteiger partial charge is 0.417 e. The lowest BCUT2D eigenvalue weighted by atomic mass is 9.82. The van der Waals surface area contributed by atoms with E-state index >= 15 is 0 Å². The molecule has 3 aliphatic carbocycles. The molecule has 0 radical (unpaired) electrons. The summed E-state index contributed by atoms with van der Waals surface area (Å²) in [6.45, 7) is 0. The van der Waals surface area contributed by atoms with Crippen LogP contribution in [0, 0.1) is 0 Å². The number of benzene rings is 10. The molecule has 0 saturated heterocycles. The monoisotopic (exact) mass is 1480 g/mol. The second-order valence-corrected chi connectivity index (χ2v) is 25.0. The molecule has 10 aromatic carbocycles. The lowest BCUT2D eigenvalue weighted by Crippen LogP contribution is -2.26. The van der Waals surface area contributed by atoms with E-state index in [9.17, 15) is 69.5 Å². The van der Waals surface area contributed by atoms with Crippen LogP contribution in [-0.4, -0.2) is 52.5 Å². The van der Waals surface area contributed by atoms with Crippen molar-refractivity contribution in [2.24, 2.45) is 0 Å². The van der Waals surface area contributed by atoms with Gasteiger partial charge in [0.15, 0.2) is 28.9 Å². The van der Waals surface area contributed by atoms with E-state index in [-0.39, 0.29) is 155 Å². The number of amides is 4. The number of hydrogen-bond acceptors (Lipinski definition) is 13. The number of nitrogens with one attached hydrogen (secondary N) is 4. The standard InChI is InChI=1S/C58H32Cl4F6N6O7.C14H8Cl2N2O2/c59-42-44(61)48(39-36(46(42)69)21-28-5-1-2-6-31(28)50(39)75)73-55(80)26-13-9-24(10-14-26)53(78)71-29-17-19-32(37(22-29)57(63,64)65)33-20-18-30(23-38(33)58(66,67)68)72-54(79)25-11-15-27(16-12-25)56(81)74-49-41-40(47(70)43(60)45(49)62)51(76)34-7-3-4-8-35(34)52(41)77;15-9-10(16)12(18)8-7(11(9)17)13(19)5-3-1-2-4-6(5)14(8)20/h1-20,22-23H,21,69-70H2,(H,71,78)(H,72,79)(H,73,80)(H,74,81);1-4H,17-18H2. The quantitative estimate of drug-likeness (QED) is 0.0493. The number of halogens is 12. The van der Waals surface area contributed by atoms with Crippen molar-refractivity contribution in [1.82, 2.24) is 0 Å². The predicted molar refractivity (Wildman–Crippen MR) is 373 cm³/mol. The minimum absolute atomic E-state index is 0.0107. The van der Waals surface area contributed by atoms with Gasteiger partial charge >= 0.3 is 12.4 Å². The molecule has 17 nitrogen and oxygen atoms in total. The third kappa shape index (κ3) is 12.5. The summed E-state index contributed by atoms with van der Waals surface area (Å²) in [4.78, 5) is 120. The van der Waals surface area contributed by atoms with Crippen molar-refractivity contribution in [2.45, 2.75) is 18.8 Å². The third-order valence-corrected chi connectivity index (χ3v) is 19.4. The maximum atomic E-state index is 14.8. The lowest BCUT2D eigenvalue weighted by Gasteiger charge is -2.25. The fraction of sp³-hybridized carbons (Fsp3) is 0.0417. The highest BCUT2D eigenvalue weighted by Crippen LogP contribution is 2.50. The Morgan fingerprint density at radius 3 is 0.980 bits per heavy atom. The molecule has 0 fully saturated rings. The first kappa shape index (κ1) is 69.8. The van der Waals surface area contributed by atoms with Gasteiger partial charge in [-0.1, -0.05) is 155 Å². The SMILES string of the molecule is Nc1c(Cl)c(Cl)c(N)c2c1C(=O)c1ccccc1C2=O.Nc1c(Cl)c(Cl)c(NC(=O)c2ccc(C(=O)Nc3ccc(-c4ccc(NC(=O)c5ccc(C(=O)Nc6c(Cl)c(Cl)c(N)c7c6C(=O)c6ccccc6C7=O)cc5)cc4C(F)(F)F)c(C(F)(F)F)c3)cc2)c2c1Cc1ccccc1C2=O. The Kier molecular flexibility index (Phi) is 18.4. The molecule has 506 valence electrons. The van der Waals surface area contributed by atoms with Crippen LogP contribution >= 0.6 is 69.6 Å². The van der Waals surface area contributed by atoms with Crippen LogP contribution in [0.4, 0.5) is 71.8 Å². The van der Waals surface area contributed by atoms with E-state index in [1.165, 1.54) is 42.5 Å². The van der Waals surface area contributed by atoms with E-state index in [4.69, 9.17) is 92.5 Å². The zero-order chi connectivity index (χ0) is 72.7. The summed E-state index contributed by atoms with van der Waals surface area (Å²) >= 11 is 37.7. The Hall–Kier alpha value is -11.1. The van der Waals surface area contributed by atoms with E-state index in [1.807, 2.05) is 0 Å². The van der Waals surface area contributed by atoms with Crippen LogP contribution < -0.4 is 44.2 Å². The summed E-state index contributed by atoms with van der Waals surface area (Å²) in [7, 11) is 0. The van der Waals surface area contributed by atoms with Gasteiger partial charge in [0.2, 0.25) is 0 Å². The van der Waals surface area contributed by atoms with Gasteiger partial charge in [0, 0.05) is 67.9 Å². The van der Waals surface area contributed by atoms with Gasteiger partial charge in [-0.25, -0.2) is 0 Å². The van der Waals surface area contributed by atoms with Gasteiger partial charge in [0.05, 0.1) is 103 Å². The van der Waals surface area contributed by atoms with Crippen LogP contribution in [0.3, 0.4) is 0 Å². The number of alkyl halides is 6. The van der Waals surface area contributed by atoms with Crippen molar-refractivity contribution >= 4 is 168 Å². The summed E-state index contributed by atoms with van der Waals surface area (Å²) in [5.41, 5.74) is 18.6. The van der Waals surface area contributed by atoms with Crippen LogP contribution in [0.2, 0.25) is 30.1 Å². The van der Waals surface area contributed by atoms with Crippen molar-refractivity contribution in [1.29, 1.82) is 0 Å². The van der Waals surface area contributed by atoms with Crippen LogP contribution in [-0.2, 0) is 18.8 Å². The Morgan fingerprint density at radius 2 is 0.614 bits per heavy atom. The molecule has 12 N–H and O–H groups in total. The average molecular weight is 1490 g/mol. The average Bonchev–Trinajstić information content (AvgIpc) is 0.746. The molecule has 0 aliphatic heterocycles. The van der Waals surface area contributed by atoms with Gasteiger partial charge in [-0.3, -0.25) is 43.2 Å². The minimum atomic E-state index is -5.28. The van der Waals surface area contributed by atoms with Crippen molar-refractivity contribution in [2.75, 3.05) is 44.2 Å². The number of rotatable bonds is 9. The molecule has 10 aromatic rings. The number of carbonyl (C=O) groups is 9. The number of carbonyl (C=O) groups excluding carboxylic acids is 9. The fourth-order valence-corrected chi connectivity index (χ4v) is 13.1. The molecule has 3 aliphatic rings. The predicted octanol–water partition coefficient (Wildman–Crippen LogP) is 17.0. The van der Waals surface area contributed by atoms with E-state index in [2.05, 4.69) is 21.3 Å². The van der Waals surface area contributed by atoms with E-state index < -0.39 is 87.0 Å². The fourth-order valence-electron chi connectivity index (χ4n) is 11.8. The van der Waals surface area contributed by atoms with E-state index in [0.717, 1.165) is 48.5 Å². The second kappa shape index (κ2) is 26.6. The van der Waals surface area contributed by atoms with Crippen LogP contribution in [0.5, 0.6) is 0 Å². The summed E-state index contributed by atoms with van der Waals surface area (Å²) in [5.74, 6) is -6.15.